The number of para-hydroxylation sites is 2. The lowest BCUT2D eigenvalue weighted by Crippen LogP contribution is -2.34. The summed E-state index contributed by atoms with van der Waals surface area (Å²) < 4.78 is 1.48. The SMILES string of the molecule is CCC[C@H](C)NC(=O)CSc1nc2ccccc2c(=O)n1-c1ccccc1Cl. The lowest BCUT2D eigenvalue weighted by atomic mass is 10.2. The molecule has 0 radical (unpaired) electrons. The molecule has 146 valence electrons. The second-order valence-corrected chi connectivity index (χ2v) is 7.90. The van der Waals surface area contributed by atoms with Crippen LogP contribution in [0.1, 0.15) is 26.7 Å². The summed E-state index contributed by atoms with van der Waals surface area (Å²) in [6.07, 6.45) is 1.93. The molecule has 0 aliphatic carbocycles. The fraction of sp³-hybridized carbons (Fsp3) is 0.286. The van der Waals surface area contributed by atoms with Gasteiger partial charge in [0.15, 0.2) is 5.16 Å². The molecule has 0 aliphatic heterocycles. The zero-order valence-electron chi connectivity index (χ0n) is 15.8. The third-order valence-electron chi connectivity index (χ3n) is 4.30. The van der Waals surface area contributed by atoms with Crippen LogP contribution in [-0.2, 0) is 4.79 Å². The highest BCUT2D eigenvalue weighted by Crippen LogP contribution is 2.25. The summed E-state index contributed by atoms with van der Waals surface area (Å²) in [5, 5.41) is 4.37. The molecule has 0 saturated heterocycles. The Morgan fingerprint density at radius 3 is 2.68 bits per heavy atom. The van der Waals surface area contributed by atoms with E-state index in [1.54, 1.807) is 36.4 Å². The number of aromatic nitrogens is 2. The molecule has 7 heteroatoms. The normalized spacial score (nSPS) is 12.1. The minimum absolute atomic E-state index is 0.0842. The second kappa shape index (κ2) is 9.26. The molecule has 0 bridgehead atoms. The van der Waals surface area contributed by atoms with Crippen LogP contribution in [0.5, 0.6) is 0 Å². The first kappa shape index (κ1) is 20.4. The van der Waals surface area contributed by atoms with E-state index in [0.717, 1.165) is 12.8 Å². The Hall–Kier alpha value is -2.31. The van der Waals surface area contributed by atoms with E-state index in [2.05, 4.69) is 17.2 Å². The van der Waals surface area contributed by atoms with Crippen molar-refractivity contribution in [1.29, 1.82) is 0 Å². The molecule has 3 aromatic rings. The molecule has 5 nitrogen and oxygen atoms in total. The largest absolute Gasteiger partial charge is 0.353 e. The predicted molar refractivity (Wildman–Crippen MR) is 116 cm³/mol. The minimum Gasteiger partial charge on any atom is -0.353 e. The number of carbonyl (C=O) groups excluding carboxylic acids is 1. The van der Waals surface area contributed by atoms with Crippen molar-refractivity contribution >= 4 is 40.2 Å². The number of carbonyl (C=O) groups is 1. The third kappa shape index (κ3) is 4.56. The Morgan fingerprint density at radius 2 is 1.93 bits per heavy atom. The van der Waals surface area contributed by atoms with Crippen LogP contribution in [0.3, 0.4) is 0 Å². The molecule has 1 atom stereocenters. The van der Waals surface area contributed by atoms with Crippen molar-refractivity contribution in [3.05, 3.63) is 63.9 Å². The summed E-state index contributed by atoms with van der Waals surface area (Å²) >= 11 is 7.57. The van der Waals surface area contributed by atoms with Crippen LogP contribution in [0, 0.1) is 0 Å². The summed E-state index contributed by atoms with van der Waals surface area (Å²) in [4.78, 5) is 30.1. The van der Waals surface area contributed by atoms with Crippen molar-refractivity contribution in [1.82, 2.24) is 14.9 Å². The van der Waals surface area contributed by atoms with Crippen molar-refractivity contribution in [2.45, 2.75) is 37.9 Å². The molecule has 1 heterocycles. The number of halogens is 1. The Labute approximate surface area is 173 Å². The van der Waals surface area contributed by atoms with Crippen molar-refractivity contribution in [3.8, 4) is 5.69 Å². The van der Waals surface area contributed by atoms with Gasteiger partial charge in [-0.05, 0) is 37.6 Å². The maximum absolute atomic E-state index is 13.2. The zero-order chi connectivity index (χ0) is 20.1. The molecule has 0 unspecified atom stereocenters. The Kier molecular flexibility index (Phi) is 6.75. The van der Waals surface area contributed by atoms with E-state index in [0.29, 0.717) is 26.8 Å². The molecule has 0 spiro atoms. The number of benzene rings is 2. The molecule has 3 rings (SSSR count). The first-order valence-electron chi connectivity index (χ1n) is 9.20. The molecule has 2 aromatic carbocycles. The van der Waals surface area contributed by atoms with Gasteiger partial charge in [-0.1, -0.05) is 61.0 Å². The van der Waals surface area contributed by atoms with E-state index >= 15 is 0 Å². The van der Waals surface area contributed by atoms with E-state index in [9.17, 15) is 9.59 Å². The number of nitrogens with zero attached hydrogens (tertiary/aromatic N) is 2. The molecule has 0 aliphatic rings. The van der Waals surface area contributed by atoms with Gasteiger partial charge in [-0.15, -0.1) is 0 Å². The van der Waals surface area contributed by atoms with E-state index < -0.39 is 0 Å². The van der Waals surface area contributed by atoms with Gasteiger partial charge in [0.05, 0.1) is 27.4 Å². The molecule has 0 fully saturated rings. The third-order valence-corrected chi connectivity index (χ3v) is 5.56. The van der Waals surface area contributed by atoms with Gasteiger partial charge in [-0.3, -0.25) is 14.2 Å². The van der Waals surface area contributed by atoms with Gasteiger partial charge in [0.2, 0.25) is 5.91 Å². The summed E-state index contributed by atoms with van der Waals surface area (Å²) in [6.45, 7) is 4.07. The van der Waals surface area contributed by atoms with Gasteiger partial charge >= 0.3 is 0 Å². The molecular formula is C21H22ClN3O2S. The summed E-state index contributed by atoms with van der Waals surface area (Å²) in [6, 6.07) is 14.4. The van der Waals surface area contributed by atoms with Gasteiger partial charge < -0.3 is 5.32 Å². The van der Waals surface area contributed by atoms with Crippen molar-refractivity contribution in [2.24, 2.45) is 0 Å². The number of amides is 1. The van der Waals surface area contributed by atoms with Gasteiger partial charge in [0.25, 0.3) is 5.56 Å². The number of hydrogen-bond donors (Lipinski definition) is 1. The second-order valence-electron chi connectivity index (χ2n) is 6.55. The molecule has 1 aromatic heterocycles. The maximum atomic E-state index is 13.2. The quantitative estimate of drug-likeness (QED) is 0.457. The average molecular weight is 416 g/mol. The number of nitrogens with one attached hydrogen (secondary N) is 1. The highest BCUT2D eigenvalue weighted by molar-refractivity contribution is 7.99. The fourth-order valence-corrected chi connectivity index (χ4v) is 4.04. The van der Waals surface area contributed by atoms with Crippen LogP contribution in [-0.4, -0.2) is 27.3 Å². The number of thioether (sulfide) groups is 1. The highest BCUT2D eigenvalue weighted by Gasteiger charge is 2.16. The standard InChI is InChI=1S/C21H22ClN3O2S/c1-3-8-14(2)23-19(26)13-28-21-24-17-11-6-4-9-15(17)20(27)25(21)18-12-7-5-10-16(18)22/h4-7,9-12,14H,3,8,13H2,1-2H3,(H,23,26)/t14-/m0/s1. The lowest BCUT2D eigenvalue weighted by molar-refractivity contribution is -0.119. The van der Waals surface area contributed by atoms with Gasteiger partial charge in [-0.2, -0.15) is 0 Å². The summed E-state index contributed by atoms with van der Waals surface area (Å²) in [5.41, 5.74) is 0.939. The minimum atomic E-state index is -0.207. The monoisotopic (exact) mass is 415 g/mol. The molecule has 1 N–H and O–H groups in total. The highest BCUT2D eigenvalue weighted by atomic mass is 35.5. The fourth-order valence-electron chi connectivity index (χ4n) is 3.01. The van der Waals surface area contributed by atoms with Crippen LogP contribution in [0.2, 0.25) is 5.02 Å². The number of fused-ring (bicyclic) bond motifs is 1. The van der Waals surface area contributed by atoms with Crippen LogP contribution in [0.25, 0.3) is 16.6 Å². The predicted octanol–water partition coefficient (Wildman–Crippen LogP) is 4.44. The van der Waals surface area contributed by atoms with E-state index in [-0.39, 0.29) is 23.3 Å². The average Bonchev–Trinajstić information content (AvgIpc) is 2.67. The Balaban J connectivity index is 1.99. The van der Waals surface area contributed by atoms with E-state index in [4.69, 9.17) is 11.6 Å². The number of hydrogen-bond acceptors (Lipinski definition) is 4. The topological polar surface area (TPSA) is 64.0 Å². The van der Waals surface area contributed by atoms with Gasteiger partial charge in [-0.25, -0.2) is 4.98 Å². The summed E-state index contributed by atoms with van der Waals surface area (Å²) in [7, 11) is 0. The molecule has 28 heavy (non-hydrogen) atoms. The van der Waals surface area contributed by atoms with Crippen LogP contribution < -0.4 is 10.9 Å². The van der Waals surface area contributed by atoms with Crippen molar-refractivity contribution < 1.29 is 4.79 Å². The van der Waals surface area contributed by atoms with E-state index in [1.807, 2.05) is 19.1 Å². The van der Waals surface area contributed by atoms with Crippen molar-refractivity contribution in [2.75, 3.05) is 5.75 Å². The zero-order valence-corrected chi connectivity index (χ0v) is 17.4. The first-order valence-corrected chi connectivity index (χ1v) is 10.6. The first-order chi connectivity index (χ1) is 13.5. The smallest absolute Gasteiger partial charge is 0.266 e. The molecular weight excluding hydrogens is 394 g/mol. The summed E-state index contributed by atoms with van der Waals surface area (Å²) in [5.74, 6) is 0.0857. The number of rotatable bonds is 7. The van der Waals surface area contributed by atoms with E-state index in [1.165, 1.54) is 16.3 Å². The molecule has 1 amide bonds. The van der Waals surface area contributed by atoms with Gasteiger partial charge in [0, 0.05) is 6.04 Å². The lowest BCUT2D eigenvalue weighted by Gasteiger charge is -2.15. The van der Waals surface area contributed by atoms with Crippen LogP contribution in [0.4, 0.5) is 0 Å². The Morgan fingerprint density at radius 1 is 1.21 bits per heavy atom. The van der Waals surface area contributed by atoms with Crippen molar-refractivity contribution in [3.63, 3.8) is 0 Å². The van der Waals surface area contributed by atoms with Crippen LogP contribution >= 0.6 is 23.4 Å². The maximum Gasteiger partial charge on any atom is 0.266 e. The van der Waals surface area contributed by atoms with Crippen LogP contribution in [0.15, 0.2) is 58.5 Å². The Bertz CT molecular complexity index is 1050. The molecule has 0 saturated carbocycles. The van der Waals surface area contributed by atoms with Gasteiger partial charge in [0.1, 0.15) is 0 Å².